The molecule has 0 rings (SSSR count). The smallest absolute Gasteiger partial charge is 0.332 e. The summed E-state index contributed by atoms with van der Waals surface area (Å²) >= 11 is 0. The van der Waals surface area contributed by atoms with Crippen LogP contribution in [0.4, 0.5) is 4.79 Å². The van der Waals surface area contributed by atoms with E-state index in [-0.39, 0.29) is 19.0 Å². The van der Waals surface area contributed by atoms with Crippen molar-refractivity contribution in [2.45, 2.75) is 12.5 Å². The molecule has 16 heavy (non-hydrogen) atoms. The predicted octanol–water partition coefficient (Wildman–Crippen LogP) is -1.32. The summed E-state index contributed by atoms with van der Waals surface area (Å²) in [6.07, 6.45) is -1.43. The summed E-state index contributed by atoms with van der Waals surface area (Å²) in [6, 6.07) is -0.284. The summed E-state index contributed by atoms with van der Waals surface area (Å²) in [5.74, 6) is -1.28. The van der Waals surface area contributed by atoms with Crippen LogP contribution in [-0.2, 0) is 4.79 Å². The number of rotatable bonds is 7. The molecule has 1 atom stereocenters. The Morgan fingerprint density at radius 3 is 2.50 bits per heavy atom. The van der Waals surface area contributed by atoms with Crippen molar-refractivity contribution in [2.24, 2.45) is 0 Å². The van der Waals surface area contributed by atoms with Crippen molar-refractivity contribution in [3.05, 3.63) is 0 Å². The molecule has 0 aliphatic carbocycles. The summed E-state index contributed by atoms with van der Waals surface area (Å²) < 4.78 is 0. The Morgan fingerprint density at radius 1 is 1.38 bits per heavy atom. The summed E-state index contributed by atoms with van der Waals surface area (Å²) in [6.45, 7) is 1.38. The first kappa shape index (κ1) is 14.7. The Bertz CT molecular complexity index is 235. The quantitative estimate of drug-likeness (QED) is 0.437. The van der Waals surface area contributed by atoms with Gasteiger partial charge in [-0.05, 0) is 7.05 Å². The molecule has 0 fully saturated rings. The molecule has 0 radical (unpaired) electrons. The van der Waals surface area contributed by atoms with Crippen molar-refractivity contribution in [3.8, 4) is 0 Å². The van der Waals surface area contributed by atoms with Crippen LogP contribution < -0.4 is 10.6 Å². The van der Waals surface area contributed by atoms with Crippen molar-refractivity contribution >= 4 is 12.0 Å². The van der Waals surface area contributed by atoms with Gasteiger partial charge in [-0.3, -0.25) is 0 Å². The van der Waals surface area contributed by atoms with Gasteiger partial charge in [0.05, 0.1) is 0 Å². The number of urea groups is 1. The van der Waals surface area contributed by atoms with Gasteiger partial charge in [-0.15, -0.1) is 0 Å². The zero-order chi connectivity index (χ0) is 12.6. The highest BCUT2D eigenvalue weighted by molar-refractivity contribution is 5.74. The Kier molecular flexibility index (Phi) is 7.23. The standard InChI is InChI=1S/C9H19N3O4/c1-10-5-6-12(2)9(16)11-4-3-7(13)8(14)15/h7,10,13H,3-6H2,1-2H3,(H,11,16)(H,14,15). The second kappa shape index (κ2) is 7.89. The lowest BCUT2D eigenvalue weighted by atomic mass is 10.2. The molecule has 2 amide bonds. The molecule has 7 heteroatoms. The molecule has 0 aliphatic rings. The molecule has 0 spiro atoms. The van der Waals surface area contributed by atoms with E-state index in [1.54, 1.807) is 14.1 Å². The first-order chi connectivity index (χ1) is 7.49. The molecule has 1 unspecified atom stereocenters. The maximum absolute atomic E-state index is 11.4. The minimum absolute atomic E-state index is 0.000934. The third kappa shape index (κ3) is 6.20. The van der Waals surface area contributed by atoms with Crippen LogP contribution in [0.2, 0.25) is 0 Å². The number of hydrogen-bond acceptors (Lipinski definition) is 4. The fourth-order valence-electron chi connectivity index (χ4n) is 0.955. The lowest BCUT2D eigenvalue weighted by Crippen LogP contribution is -2.41. The van der Waals surface area contributed by atoms with Crippen LogP contribution in [0.1, 0.15) is 6.42 Å². The van der Waals surface area contributed by atoms with E-state index in [1.165, 1.54) is 4.90 Å². The van der Waals surface area contributed by atoms with Gasteiger partial charge in [0.1, 0.15) is 0 Å². The monoisotopic (exact) mass is 233 g/mol. The predicted molar refractivity (Wildman–Crippen MR) is 58.2 cm³/mol. The van der Waals surface area contributed by atoms with Crippen molar-refractivity contribution in [1.29, 1.82) is 0 Å². The number of amides is 2. The number of carbonyl (C=O) groups excluding carboxylic acids is 1. The molecular formula is C9H19N3O4. The molecule has 7 nitrogen and oxygen atoms in total. The number of hydrogen-bond donors (Lipinski definition) is 4. The Hall–Kier alpha value is -1.34. The van der Waals surface area contributed by atoms with E-state index in [1.807, 2.05) is 0 Å². The van der Waals surface area contributed by atoms with Crippen LogP contribution in [0.15, 0.2) is 0 Å². The van der Waals surface area contributed by atoms with Crippen molar-refractivity contribution in [1.82, 2.24) is 15.5 Å². The number of carboxylic acid groups (broad SMARTS) is 1. The van der Waals surface area contributed by atoms with Gasteiger partial charge in [-0.2, -0.15) is 0 Å². The second-order valence-electron chi connectivity index (χ2n) is 3.40. The van der Waals surface area contributed by atoms with E-state index in [0.717, 1.165) is 0 Å². The molecule has 0 bridgehead atoms. The fourth-order valence-corrected chi connectivity index (χ4v) is 0.955. The van der Waals surface area contributed by atoms with E-state index >= 15 is 0 Å². The minimum Gasteiger partial charge on any atom is -0.479 e. The largest absolute Gasteiger partial charge is 0.479 e. The molecule has 0 aromatic carbocycles. The summed E-state index contributed by atoms with van der Waals surface area (Å²) in [4.78, 5) is 23.1. The van der Waals surface area contributed by atoms with Crippen molar-refractivity contribution < 1.29 is 19.8 Å². The minimum atomic E-state index is -1.43. The summed E-state index contributed by atoms with van der Waals surface area (Å²) in [5, 5.41) is 22.8. The third-order valence-corrected chi connectivity index (χ3v) is 2.02. The second-order valence-corrected chi connectivity index (χ2v) is 3.40. The van der Waals surface area contributed by atoms with Crippen molar-refractivity contribution in [2.75, 3.05) is 33.7 Å². The van der Waals surface area contributed by atoms with Crippen LogP contribution in [0.5, 0.6) is 0 Å². The Labute approximate surface area is 94.4 Å². The highest BCUT2D eigenvalue weighted by Gasteiger charge is 2.13. The number of aliphatic hydroxyl groups is 1. The number of carboxylic acids is 1. The highest BCUT2D eigenvalue weighted by Crippen LogP contribution is 1.90. The Morgan fingerprint density at radius 2 is 2.00 bits per heavy atom. The zero-order valence-corrected chi connectivity index (χ0v) is 9.56. The maximum Gasteiger partial charge on any atom is 0.332 e. The summed E-state index contributed by atoms with van der Waals surface area (Å²) in [5.41, 5.74) is 0. The van der Waals surface area contributed by atoms with Crippen molar-refractivity contribution in [3.63, 3.8) is 0 Å². The van der Waals surface area contributed by atoms with E-state index in [4.69, 9.17) is 10.2 Å². The van der Waals surface area contributed by atoms with Gasteiger partial charge in [0.25, 0.3) is 0 Å². The number of nitrogens with zero attached hydrogens (tertiary/aromatic N) is 1. The molecule has 0 heterocycles. The molecule has 0 aromatic heterocycles. The van der Waals surface area contributed by atoms with Crippen LogP contribution >= 0.6 is 0 Å². The van der Waals surface area contributed by atoms with Gasteiger partial charge in [0.15, 0.2) is 6.10 Å². The lowest BCUT2D eigenvalue weighted by molar-refractivity contribution is -0.146. The molecule has 4 N–H and O–H groups in total. The van der Waals surface area contributed by atoms with Crippen LogP contribution in [0, 0.1) is 0 Å². The van der Waals surface area contributed by atoms with Crippen LogP contribution in [0.25, 0.3) is 0 Å². The number of carbonyl (C=O) groups is 2. The zero-order valence-electron chi connectivity index (χ0n) is 9.56. The van der Waals surface area contributed by atoms with Gasteiger partial charge >= 0.3 is 12.0 Å². The average Bonchev–Trinajstić information content (AvgIpc) is 2.25. The first-order valence-corrected chi connectivity index (χ1v) is 5.03. The number of aliphatic hydroxyl groups excluding tert-OH is 1. The number of nitrogens with one attached hydrogen (secondary N) is 2. The lowest BCUT2D eigenvalue weighted by Gasteiger charge is -2.17. The molecule has 0 saturated carbocycles. The van der Waals surface area contributed by atoms with E-state index in [2.05, 4.69) is 10.6 Å². The molecule has 0 aromatic rings. The van der Waals surface area contributed by atoms with E-state index in [0.29, 0.717) is 13.1 Å². The fraction of sp³-hybridized carbons (Fsp3) is 0.778. The third-order valence-electron chi connectivity index (χ3n) is 2.02. The highest BCUT2D eigenvalue weighted by atomic mass is 16.4. The van der Waals surface area contributed by atoms with Gasteiger partial charge in [0.2, 0.25) is 0 Å². The normalized spacial score (nSPS) is 11.9. The molecule has 0 saturated heterocycles. The van der Waals surface area contributed by atoms with Crippen LogP contribution in [-0.4, -0.2) is 66.9 Å². The molecule has 94 valence electrons. The average molecular weight is 233 g/mol. The van der Waals surface area contributed by atoms with Crippen LogP contribution in [0.3, 0.4) is 0 Å². The maximum atomic E-state index is 11.4. The van der Waals surface area contributed by atoms with Gasteiger partial charge in [-0.25, -0.2) is 9.59 Å². The summed E-state index contributed by atoms with van der Waals surface area (Å²) in [7, 11) is 3.43. The topological polar surface area (TPSA) is 102 Å². The first-order valence-electron chi connectivity index (χ1n) is 5.03. The SMILES string of the molecule is CNCCN(C)C(=O)NCCC(O)C(=O)O. The Balaban J connectivity index is 3.68. The van der Waals surface area contributed by atoms with Gasteiger partial charge in [0, 0.05) is 33.1 Å². The molecule has 0 aliphatic heterocycles. The van der Waals surface area contributed by atoms with E-state index in [9.17, 15) is 9.59 Å². The van der Waals surface area contributed by atoms with E-state index < -0.39 is 12.1 Å². The van der Waals surface area contributed by atoms with Gasteiger partial charge in [-0.1, -0.05) is 0 Å². The van der Waals surface area contributed by atoms with Gasteiger partial charge < -0.3 is 25.7 Å². The number of likely N-dealkylation sites (N-methyl/N-ethyl adjacent to an activating group) is 2. The molecular weight excluding hydrogens is 214 g/mol. The number of aliphatic carboxylic acids is 1.